The number of hydrazone groups is 1. The Morgan fingerprint density at radius 1 is 1.31 bits per heavy atom. The molecule has 2 aromatic rings. The van der Waals surface area contributed by atoms with Crippen LogP contribution in [0.25, 0.3) is 0 Å². The zero-order valence-corrected chi connectivity index (χ0v) is 18.2. The molecule has 32 heavy (non-hydrogen) atoms. The minimum Gasteiger partial charge on any atom is -0.383 e. The minimum absolute atomic E-state index is 0.0317. The number of thioether (sulfide) groups is 1. The second kappa shape index (κ2) is 10.1. The van der Waals surface area contributed by atoms with Gasteiger partial charge in [-0.25, -0.2) is 19.3 Å². The topological polar surface area (TPSA) is 110 Å². The Bertz CT molecular complexity index is 1020. The van der Waals surface area contributed by atoms with Gasteiger partial charge in [-0.15, -0.1) is 0 Å². The van der Waals surface area contributed by atoms with Gasteiger partial charge in [-0.3, -0.25) is 15.0 Å². The first-order valence-corrected chi connectivity index (χ1v) is 10.5. The van der Waals surface area contributed by atoms with Crippen LogP contribution in [0.2, 0.25) is 0 Å². The number of aliphatic hydroxyl groups is 1. The summed E-state index contributed by atoms with van der Waals surface area (Å²) in [6.45, 7) is 1.34. The van der Waals surface area contributed by atoms with E-state index in [1.165, 1.54) is 6.92 Å². The van der Waals surface area contributed by atoms with Crippen LogP contribution in [0.4, 0.5) is 8.78 Å². The molecule has 1 aliphatic heterocycles. The Labute approximate surface area is 188 Å². The van der Waals surface area contributed by atoms with E-state index >= 15 is 0 Å². The van der Waals surface area contributed by atoms with Crippen LogP contribution in [0.3, 0.4) is 0 Å². The molecule has 1 heterocycles. The lowest BCUT2D eigenvalue weighted by molar-refractivity contribution is -0.143. The Balaban J connectivity index is 2.03. The van der Waals surface area contributed by atoms with Crippen LogP contribution in [0.15, 0.2) is 53.6 Å². The predicted octanol–water partition coefficient (Wildman–Crippen LogP) is 2.50. The molecule has 0 bridgehead atoms. The van der Waals surface area contributed by atoms with Crippen LogP contribution in [-0.4, -0.2) is 46.8 Å². The zero-order chi connectivity index (χ0) is 23.3. The summed E-state index contributed by atoms with van der Waals surface area (Å²) in [4.78, 5) is 17.1. The van der Waals surface area contributed by atoms with E-state index in [1.54, 1.807) is 37.4 Å². The molecule has 2 aromatic carbocycles. The standard InChI is InChI=1S/C21H23F2N5O3S/c1-13(29)19(30)28-21(14-6-4-3-5-7-14,10-11-31-27-20(24)25-2)32-18(26-28)16-12-15(22)8-9-17(16)23/h3-9,12-13,29H,10-11H2,1-2H3,(H3,24,25,27)/t13-,21?/m0/s1. The van der Waals surface area contributed by atoms with Crippen LogP contribution in [0.5, 0.6) is 0 Å². The van der Waals surface area contributed by atoms with E-state index in [9.17, 15) is 18.7 Å². The molecule has 2 atom stereocenters. The van der Waals surface area contributed by atoms with Gasteiger partial charge in [-0.1, -0.05) is 42.1 Å². The lowest BCUT2D eigenvalue weighted by Gasteiger charge is -2.36. The number of aliphatic hydroxyl groups excluding tert-OH is 1. The molecule has 0 spiro atoms. The number of amides is 1. The summed E-state index contributed by atoms with van der Waals surface area (Å²) in [6, 6.07) is 11.9. The minimum atomic E-state index is -1.38. The van der Waals surface area contributed by atoms with Gasteiger partial charge in [0.25, 0.3) is 5.91 Å². The first-order chi connectivity index (χ1) is 15.3. The Morgan fingerprint density at radius 2 is 2.03 bits per heavy atom. The van der Waals surface area contributed by atoms with Crippen LogP contribution in [-0.2, 0) is 14.5 Å². The van der Waals surface area contributed by atoms with Crippen molar-refractivity contribution in [1.29, 1.82) is 5.41 Å². The summed E-state index contributed by atoms with van der Waals surface area (Å²) in [5.74, 6) is -2.10. The van der Waals surface area contributed by atoms with Crippen molar-refractivity contribution in [1.82, 2.24) is 15.8 Å². The third kappa shape index (κ3) is 4.90. The highest BCUT2D eigenvalue weighted by atomic mass is 32.2. The van der Waals surface area contributed by atoms with E-state index in [4.69, 9.17) is 10.2 Å². The number of halogens is 2. The van der Waals surface area contributed by atoms with Crippen LogP contribution < -0.4 is 10.8 Å². The summed E-state index contributed by atoms with van der Waals surface area (Å²) in [5.41, 5.74) is 2.98. The second-order valence-corrected chi connectivity index (χ2v) is 8.20. The quantitative estimate of drug-likeness (QED) is 0.217. The maximum absolute atomic E-state index is 14.5. The Morgan fingerprint density at radius 3 is 2.69 bits per heavy atom. The molecule has 0 radical (unpaired) electrons. The van der Waals surface area contributed by atoms with Gasteiger partial charge in [0.05, 0.1) is 6.61 Å². The largest absolute Gasteiger partial charge is 0.383 e. The smallest absolute Gasteiger partial charge is 0.272 e. The molecule has 1 aliphatic rings. The fourth-order valence-electron chi connectivity index (χ4n) is 3.11. The SMILES string of the molecule is CNC(=N)NOCCC1(c2ccccc2)SC(c2cc(F)ccc2F)=NN1C(=O)[C@H](C)O. The van der Waals surface area contributed by atoms with E-state index in [0.29, 0.717) is 5.56 Å². The molecule has 8 nitrogen and oxygen atoms in total. The monoisotopic (exact) mass is 463 g/mol. The Hall–Kier alpha value is -3.02. The van der Waals surface area contributed by atoms with Gasteiger partial charge in [0.15, 0.2) is 0 Å². The van der Waals surface area contributed by atoms with Gasteiger partial charge in [0.2, 0.25) is 5.96 Å². The van der Waals surface area contributed by atoms with Crippen molar-refractivity contribution in [2.45, 2.75) is 24.3 Å². The van der Waals surface area contributed by atoms with E-state index in [-0.39, 0.29) is 29.6 Å². The van der Waals surface area contributed by atoms with Crippen molar-refractivity contribution in [3.8, 4) is 0 Å². The molecular weight excluding hydrogens is 440 g/mol. The van der Waals surface area contributed by atoms with Crippen molar-refractivity contribution in [2.24, 2.45) is 5.10 Å². The number of hydroxylamine groups is 1. The van der Waals surface area contributed by atoms with Gasteiger partial charge < -0.3 is 10.4 Å². The second-order valence-electron chi connectivity index (χ2n) is 6.93. The fraction of sp³-hybridized carbons (Fsp3) is 0.286. The molecule has 3 rings (SSSR count). The highest BCUT2D eigenvalue weighted by Crippen LogP contribution is 2.50. The summed E-state index contributed by atoms with van der Waals surface area (Å²) in [7, 11) is 1.55. The van der Waals surface area contributed by atoms with E-state index in [1.807, 2.05) is 0 Å². The molecule has 0 saturated heterocycles. The van der Waals surface area contributed by atoms with Crippen LogP contribution in [0.1, 0.15) is 24.5 Å². The number of hydrogen-bond acceptors (Lipinski definition) is 6. The van der Waals surface area contributed by atoms with Gasteiger partial charge in [-0.2, -0.15) is 5.10 Å². The number of guanidine groups is 1. The molecule has 1 amide bonds. The fourth-order valence-corrected chi connectivity index (χ4v) is 4.48. The number of rotatable bonds is 7. The van der Waals surface area contributed by atoms with Crippen molar-refractivity contribution >= 4 is 28.7 Å². The van der Waals surface area contributed by atoms with Crippen LogP contribution in [0, 0.1) is 17.0 Å². The van der Waals surface area contributed by atoms with Crippen molar-refractivity contribution < 1.29 is 23.5 Å². The van der Waals surface area contributed by atoms with Crippen LogP contribution >= 0.6 is 11.8 Å². The third-order valence-corrected chi connectivity index (χ3v) is 6.16. The van der Waals surface area contributed by atoms with Gasteiger partial charge >= 0.3 is 0 Å². The first kappa shape index (κ1) is 23.6. The van der Waals surface area contributed by atoms with Gasteiger partial charge in [0, 0.05) is 19.0 Å². The molecule has 0 saturated carbocycles. The maximum atomic E-state index is 14.5. The highest BCUT2D eigenvalue weighted by molar-refractivity contribution is 8.15. The Kier molecular flexibility index (Phi) is 7.44. The third-order valence-electron chi connectivity index (χ3n) is 4.72. The molecule has 1 unspecified atom stereocenters. The highest BCUT2D eigenvalue weighted by Gasteiger charge is 2.49. The normalized spacial score (nSPS) is 18.8. The first-order valence-electron chi connectivity index (χ1n) is 9.73. The number of carbonyl (C=O) groups is 1. The molecule has 0 aromatic heterocycles. The van der Waals surface area contributed by atoms with Crippen molar-refractivity contribution in [3.63, 3.8) is 0 Å². The summed E-state index contributed by atoms with van der Waals surface area (Å²) < 4.78 is 28.4. The summed E-state index contributed by atoms with van der Waals surface area (Å²) in [6.07, 6.45) is -1.22. The number of carbonyl (C=O) groups excluding carboxylic acids is 1. The zero-order valence-electron chi connectivity index (χ0n) is 17.4. The molecule has 4 N–H and O–H groups in total. The predicted molar refractivity (Wildman–Crippen MR) is 118 cm³/mol. The number of hydrogen-bond donors (Lipinski definition) is 4. The lowest BCUT2D eigenvalue weighted by atomic mass is 10.0. The molecule has 0 aliphatic carbocycles. The van der Waals surface area contributed by atoms with Gasteiger partial charge in [0.1, 0.15) is 27.7 Å². The van der Waals surface area contributed by atoms with E-state index in [0.717, 1.165) is 35.0 Å². The molecule has 11 heteroatoms. The summed E-state index contributed by atoms with van der Waals surface area (Å²) >= 11 is 1.07. The summed E-state index contributed by atoms with van der Waals surface area (Å²) in [5, 5.41) is 25.6. The molecule has 170 valence electrons. The average molecular weight is 464 g/mol. The number of nitrogens with one attached hydrogen (secondary N) is 3. The molecular formula is C21H23F2N5O3S. The average Bonchev–Trinajstić information content (AvgIpc) is 3.18. The lowest BCUT2D eigenvalue weighted by Crippen LogP contribution is -2.46. The van der Waals surface area contributed by atoms with Crippen molar-refractivity contribution in [3.05, 3.63) is 71.3 Å². The van der Waals surface area contributed by atoms with E-state index < -0.39 is 28.5 Å². The van der Waals surface area contributed by atoms with E-state index in [2.05, 4.69) is 15.9 Å². The number of benzene rings is 2. The maximum Gasteiger partial charge on any atom is 0.272 e. The molecule has 0 fully saturated rings. The van der Waals surface area contributed by atoms with Crippen molar-refractivity contribution in [2.75, 3.05) is 13.7 Å². The van der Waals surface area contributed by atoms with Gasteiger partial charge in [-0.05, 0) is 30.7 Å². The number of nitrogens with zero attached hydrogens (tertiary/aromatic N) is 2.